The van der Waals surface area contributed by atoms with Gasteiger partial charge in [-0.05, 0) is 19.1 Å². The van der Waals surface area contributed by atoms with Gasteiger partial charge in [-0.25, -0.2) is 0 Å². The van der Waals surface area contributed by atoms with E-state index >= 15 is 0 Å². The highest BCUT2D eigenvalue weighted by molar-refractivity contribution is 7.16. The Morgan fingerprint density at radius 2 is 1.94 bits per heavy atom. The molecule has 0 spiro atoms. The van der Waals surface area contributed by atoms with Crippen molar-refractivity contribution in [1.29, 1.82) is 0 Å². The number of rotatable bonds is 3. The monoisotopic (exact) mass is 236 g/mol. The zero-order valence-corrected chi connectivity index (χ0v) is 9.80. The van der Waals surface area contributed by atoms with Crippen molar-refractivity contribution in [2.45, 2.75) is 6.92 Å². The summed E-state index contributed by atoms with van der Waals surface area (Å²) in [5.74, 6) is 1.08. The Labute approximate surface area is 97.0 Å². The molecule has 2 aromatic heterocycles. The molecule has 0 aliphatic carbocycles. The number of nitrogen functional groups attached to an aromatic ring is 1. The van der Waals surface area contributed by atoms with Crippen LogP contribution >= 0.6 is 11.3 Å². The maximum atomic E-state index is 5.56. The minimum absolute atomic E-state index is 0.190. The van der Waals surface area contributed by atoms with Gasteiger partial charge in [-0.1, -0.05) is 0 Å². The van der Waals surface area contributed by atoms with Gasteiger partial charge in [-0.3, -0.25) is 0 Å². The van der Waals surface area contributed by atoms with Crippen LogP contribution in [0.15, 0.2) is 12.1 Å². The Balaban J connectivity index is 2.24. The molecule has 0 fully saturated rings. The first-order chi connectivity index (χ1) is 7.67. The lowest BCUT2D eigenvalue weighted by Gasteiger charge is -2.04. The molecule has 7 heteroatoms. The minimum atomic E-state index is 0.190. The Kier molecular flexibility index (Phi) is 2.86. The Morgan fingerprint density at radius 1 is 1.19 bits per heavy atom. The molecule has 0 radical (unpaired) electrons. The average molecular weight is 236 g/mol. The summed E-state index contributed by atoms with van der Waals surface area (Å²) < 4.78 is 0. The van der Waals surface area contributed by atoms with Crippen LogP contribution in [0, 0.1) is 6.92 Å². The predicted molar refractivity (Wildman–Crippen MR) is 66.1 cm³/mol. The second-order valence-corrected chi connectivity index (χ2v) is 4.41. The summed E-state index contributed by atoms with van der Waals surface area (Å²) in [6.45, 7) is 2.04. The number of nitrogens with one attached hydrogen (secondary N) is 2. The highest BCUT2D eigenvalue weighted by Gasteiger charge is 2.04. The standard InChI is InChI=1S/C9H12N6S/c1-5-3-4-6(16-5)12-9-14-7(10)13-8(11-2)15-9/h3-4H,1-2H3,(H4,10,11,12,13,14,15). The average Bonchev–Trinajstić information content (AvgIpc) is 2.63. The molecule has 0 aliphatic rings. The van der Waals surface area contributed by atoms with Gasteiger partial charge < -0.3 is 16.4 Å². The number of aromatic nitrogens is 3. The van der Waals surface area contributed by atoms with Gasteiger partial charge >= 0.3 is 0 Å². The van der Waals surface area contributed by atoms with Gasteiger partial charge in [0.15, 0.2) is 0 Å². The highest BCUT2D eigenvalue weighted by Crippen LogP contribution is 2.23. The summed E-state index contributed by atoms with van der Waals surface area (Å²) in [5, 5.41) is 6.87. The molecular formula is C9H12N6S. The van der Waals surface area contributed by atoms with E-state index in [1.807, 2.05) is 19.1 Å². The third kappa shape index (κ3) is 2.37. The lowest BCUT2D eigenvalue weighted by atomic mass is 10.5. The molecule has 0 saturated carbocycles. The van der Waals surface area contributed by atoms with Crippen molar-refractivity contribution >= 4 is 34.2 Å². The molecule has 0 bridgehead atoms. The van der Waals surface area contributed by atoms with Crippen LogP contribution in [0.4, 0.5) is 22.8 Å². The molecular weight excluding hydrogens is 224 g/mol. The fraction of sp³-hybridized carbons (Fsp3) is 0.222. The van der Waals surface area contributed by atoms with Crippen molar-refractivity contribution in [1.82, 2.24) is 15.0 Å². The molecule has 2 aromatic rings. The molecule has 0 atom stereocenters. The van der Waals surface area contributed by atoms with E-state index in [0.29, 0.717) is 11.9 Å². The molecule has 16 heavy (non-hydrogen) atoms. The van der Waals surface area contributed by atoms with Crippen molar-refractivity contribution in [3.63, 3.8) is 0 Å². The van der Waals surface area contributed by atoms with Crippen LogP contribution in [-0.2, 0) is 0 Å². The van der Waals surface area contributed by atoms with Crippen LogP contribution in [0.3, 0.4) is 0 Å². The number of anilines is 4. The van der Waals surface area contributed by atoms with E-state index in [9.17, 15) is 0 Å². The second-order valence-electron chi connectivity index (χ2n) is 3.13. The van der Waals surface area contributed by atoms with E-state index in [4.69, 9.17) is 5.73 Å². The van der Waals surface area contributed by atoms with Crippen molar-refractivity contribution in [2.75, 3.05) is 23.4 Å². The van der Waals surface area contributed by atoms with Crippen LogP contribution in [0.25, 0.3) is 0 Å². The number of nitrogens with zero attached hydrogens (tertiary/aromatic N) is 3. The first kappa shape index (κ1) is 10.6. The topological polar surface area (TPSA) is 88.8 Å². The van der Waals surface area contributed by atoms with Crippen LogP contribution in [-0.4, -0.2) is 22.0 Å². The molecule has 0 saturated heterocycles. The lowest BCUT2D eigenvalue weighted by Crippen LogP contribution is -2.06. The molecule has 0 unspecified atom stereocenters. The molecule has 0 amide bonds. The lowest BCUT2D eigenvalue weighted by molar-refractivity contribution is 1.07. The van der Waals surface area contributed by atoms with Gasteiger partial charge in [0.25, 0.3) is 0 Å². The molecule has 6 nitrogen and oxygen atoms in total. The van der Waals surface area contributed by atoms with Crippen molar-refractivity contribution in [3.05, 3.63) is 17.0 Å². The number of aryl methyl sites for hydroxylation is 1. The van der Waals surface area contributed by atoms with Crippen LogP contribution in [0.1, 0.15) is 4.88 Å². The van der Waals surface area contributed by atoms with Crippen molar-refractivity contribution in [3.8, 4) is 0 Å². The third-order valence-electron chi connectivity index (χ3n) is 1.85. The summed E-state index contributed by atoms with van der Waals surface area (Å²) in [5.41, 5.74) is 5.56. The van der Waals surface area contributed by atoms with Gasteiger partial charge in [0.2, 0.25) is 17.8 Å². The Morgan fingerprint density at radius 3 is 2.56 bits per heavy atom. The summed E-state index contributed by atoms with van der Waals surface area (Å²) >= 11 is 1.63. The van der Waals surface area contributed by atoms with Crippen molar-refractivity contribution < 1.29 is 0 Å². The van der Waals surface area contributed by atoms with Crippen LogP contribution < -0.4 is 16.4 Å². The number of hydrogen-bond donors (Lipinski definition) is 3. The van der Waals surface area contributed by atoms with E-state index in [1.165, 1.54) is 4.88 Å². The summed E-state index contributed by atoms with van der Waals surface area (Å²) in [6.07, 6.45) is 0. The zero-order chi connectivity index (χ0) is 11.5. The molecule has 0 aromatic carbocycles. The quantitative estimate of drug-likeness (QED) is 0.750. The fourth-order valence-corrected chi connectivity index (χ4v) is 1.93. The van der Waals surface area contributed by atoms with Crippen LogP contribution in [0.2, 0.25) is 0 Å². The fourth-order valence-electron chi connectivity index (χ4n) is 1.17. The molecule has 0 aliphatic heterocycles. The minimum Gasteiger partial charge on any atom is -0.368 e. The van der Waals surface area contributed by atoms with E-state index in [1.54, 1.807) is 18.4 Å². The molecule has 2 heterocycles. The number of thiophene rings is 1. The predicted octanol–water partition coefficient (Wildman–Crippen LogP) is 1.61. The number of nitrogens with two attached hydrogens (primary N) is 1. The van der Waals surface area contributed by atoms with E-state index in [2.05, 4.69) is 25.6 Å². The normalized spacial score (nSPS) is 10.1. The van der Waals surface area contributed by atoms with Gasteiger partial charge in [-0.2, -0.15) is 15.0 Å². The van der Waals surface area contributed by atoms with Gasteiger partial charge in [-0.15, -0.1) is 11.3 Å². The Bertz CT molecular complexity index is 494. The smallest absolute Gasteiger partial charge is 0.234 e. The Hall–Kier alpha value is -1.89. The molecule has 2 rings (SSSR count). The molecule has 84 valence electrons. The van der Waals surface area contributed by atoms with Gasteiger partial charge in [0.1, 0.15) is 0 Å². The third-order valence-corrected chi connectivity index (χ3v) is 2.77. The largest absolute Gasteiger partial charge is 0.368 e. The van der Waals surface area contributed by atoms with Crippen molar-refractivity contribution in [2.24, 2.45) is 0 Å². The number of hydrogen-bond acceptors (Lipinski definition) is 7. The zero-order valence-electron chi connectivity index (χ0n) is 8.98. The SMILES string of the molecule is CNc1nc(N)nc(Nc2ccc(C)s2)n1. The highest BCUT2D eigenvalue weighted by atomic mass is 32.1. The molecule has 4 N–H and O–H groups in total. The maximum absolute atomic E-state index is 5.56. The maximum Gasteiger partial charge on any atom is 0.234 e. The van der Waals surface area contributed by atoms with E-state index in [0.717, 1.165) is 5.00 Å². The van der Waals surface area contributed by atoms with Gasteiger partial charge in [0.05, 0.1) is 5.00 Å². The summed E-state index contributed by atoms with van der Waals surface area (Å²) in [4.78, 5) is 13.3. The summed E-state index contributed by atoms with van der Waals surface area (Å²) in [6, 6.07) is 4.00. The van der Waals surface area contributed by atoms with Gasteiger partial charge in [0, 0.05) is 11.9 Å². The van der Waals surface area contributed by atoms with Crippen LogP contribution in [0.5, 0.6) is 0 Å². The van der Waals surface area contributed by atoms with E-state index in [-0.39, 0.29) is 5.95 Å². The first-order valence-corrected chi connectivity index (χ1v) is 5.52. The van der Waals surface area contributed by atoms with E-state index < -0.39 is 0 Å². The summed E-state index contributed by atoms with van der Waals surface area (Å²) in [7, 11) is 1.73. The first-order valence-electron chi connectivity index (χ1n) is 4.70. The second kappa shape index (κ2) is 4.31.